The summed E-state index contributed by atoms with van der Waals surface area (Å²) < 4.78 is 5.24. The van der Waals surface area contributed by atoms with E-state index in [1.54, 1.807) is 16.2 Å². The number of hydrogen-bond acceptors (Lipinski definition) is 5. The van der Waals surface area contributed by atoms with E-state index in [0.717, 1.165) is 24.6 Å². The molecule has 1 aliphatic heterocycles. The van der Waals surface area contributed by atoms with Crippen LogP contribution in [0.25, 0.3) is 5.57 Å². The van der Waals surface area contributed by atoms with Crippen molar-refractivity contribution in [2.45, 2.75) is 40.2 Å². The SMILES string of the molecule is CC/C=C(\C)c1cnc(N2CCN(C(=O)OC(C)C)CC2)s1. The van der Waals surface area contributed by atoms with Gasteiger partial charge in [-0.25, -0.2) is 9.78 Å². The number of amides is 1. The molecule has 2 heterocycles. The largest absolute Gasteiger partial charge is 0.447 e. The summed E-state index contributed by atoms with van der Waals surface area (Å²) in [5.74, 6) is 0. The molecule has 1 fully saturated rings. The van der Waals surface area contributed by atoms with Gasteiger partial charge in [-0.3, -0.25) is 0 Å². The average molecular weight is 323 g/mol. The Balaban J connectivity index is 1.92. The topological polar surface area (TPSA) is 45.7 Å². The van der Waals surface area contributed by atoms with Gasteiger partial charge in [-0.15, -0.1) is 0 Å². The van der Waals surface area contributed by atoms with Gasteiger partial charge in [-0.2, -0.15) is 0 Å². The Kier molecular flexibility index (Phi) is 5.83. The standard InChI is InChI=1S/C16H25N3O2S/c1-5-6-13(4)14-11-17-15(22-14)18-7-9-19(10-8-18)16(20)21-12(2)3/h6,11-12H,5,7-10H2,1-4H3/b13-6+. The van der Waals surface area contributed by atoms with Crippen molar-refractivity contribution < 1.29 is 9.53 Å². The van der Waals surface area contributed by atoms with Crippen LogP contribution in [0, 0.1) is 0 Å². The third-order valence-electron chi connectivity index (χ3n) is 3.54. The van der Waals surface area contributed by atoms with E-state index in [1.165, 1.54) is 10.5 Å². The second kappa shape index (κ2) is 7.63. The molecule has 22 heavy (non-hydrogen) atoms. The van der Waals surface area contributed by atoms with Crippen LogP contribution >= 0.6 is 11.3 Å². The molecule has 0 bridgehead atoms. The van der Waals surface area contributed by atoms with E-state index in [4.69, 9.17) is 4.74 Å². The van der Waals surface area contributed by atoms with Gasteiger partial charge in [0.15, 0.2) is 5.13 Å². The van der Waals surface area contributed by atoms with Crippen molar-refractivity contribution in [2.75, 3.05) is 31.1 Å². The molecule has 0 aromatic carbocycles. The number of carbonyl (C=O) groups is 1. The van der Waals surface area contributed by atoms with Crippen LogP contribution in [0.4, 0.5) is 9.93 Å². The van der Waals surface area contributed by atoms with Gasteiger partial charge in [-0.1, -0.05) is 24.3 Å². The first-order chi connectivity index (χ1) is 10.5. The predicted molar refractivity (Wildman–Crippen MR) is 91.5 cm³/mol. The minimum absolute atomic E-state index is 0.0691. The lowest BCUT2D eigenvalue weighted by atomic mass is 10.2. The monoisotopic (exact) mass is 323 g/mol. The minimum atomic E-state index is -0.212. The van der Waals surface area contributed by atoms with Gasteiger partial charge in [0, 0.05) is 32.4 Å². The van der Waals surface area contributed by atoms with E-state index in [9.17, 15) is 4.79 Å². The maximum absolute atomic E-state index is 11.9. The fourth-order valence-corrected chi connectivity index (χ4v) is 3.32. The van der Waals surface area contributed by atoms with Crippen molar-refractivity contribution in [3.63, 3.8) is 0 Å². The summed E-state index contributed by atoms with van der Waals surface area (Å²) in [5, 5.41) is 1.04. The second-order valence-electron chi connectivity index (χ2n) is 5.71. The average Bonchev–Trinajstić information content (AvgIpc) is 2.97. The summed E-state index contributed by atoms with van der Waals surface area (Å²) in [7, 11) is 0. The van der Waals surface area contributed by atoms with Crippen molar-refractivity contribution in [2.24, 2.45) is 0 Å². The minimum Gasteiger partial charge on any atom is -0.447 e. The first-order valence-electron chi connectivity index (χ1n) is 7.84. The highest BCUT2D eigenvalue weighted by Crippen LogP contribution is 2.28. The molecular formula is C16H25N3O2S. The number of hydrogen-bond donors (Lipinski definition) is 0. The number of ether oxygens (including phenoxy) is 1. The Morgan fingerprint density at radius 2 is 2.09 bits per heavy atom. The van der Waals surface area contributed by atoms with Gasteiger partial charge in [0.25, 0.3) is 0 Å². The number of allylic oxidation sites excluding steroid dienone is 2. The van der Waals surface area contributed by atoms with Crippen LogP contribution in [-0.4, -0.2) is 48.3 Å². The van der Waals surface area contributed by atoms with Crippen LogP contribution in [0.2, 0.25) is 0 Å². The quantitative estimate of drug-likeness (QED) is 0.849. The maximum Gasteiger partial charge on any atom is 0.410 e. The fraction of sp³-hybridized carbons (Fsp3) is 0.625. The molecule has 2 rings (SSSR count). The zero-order chi connectivity index (χ0) is 16.1. The number of aromatic nitrogens is 1. The summed E-state index contributed by atoms with van der Waals surface area (Å²) in [6.07, 6.45) is 4.92. The zero-order valence-electron chi connectivity index (χ0n) is 13.8. The number of nitrogens with zero attached hydrogens (tertiary/aromatic N) is 3. The summed E-state index contributed by atoms with van der Waals surface area (Å²) in [6, 6.07) is 0. The van der Waals surface area contributed by atoms with Crippen LogP contribution < -0.4 is 4.90 Å². The maximum atomic E-state index is 11.9. The molecule has 6 heteroatoms. The Morgan fingerprint density at radius 3 is 2.68 bits per heavy atom. The van der Waals surface area contributed by atoms with Gasteiger partial charge in [0.2, 0.25) is 0 Å². The molecule has 5 nitrogen and oxygen atoms in total. The summed E-state index contributed by atoms with van der Waals surface area (Å²) in [6.45, 7) is 11.0. The molecular weight excluding hydrogens is 298 g/mol. The molecule has 122 valence electrons. The molecule has 0 unspecified atom stereocenters. The lowest BCUT2D eigenvalue weighted by Crippen LogP contribution is -2.49. The fourth-order valence-electron chi connectivity index (χ4n) is 2.36. The van der Waals surface area contributed by atoms with E-state index < -0.39 is 0 Å². The van der Waals surface area contributed by atoms with E-state index in [1.807, 2.05) is 20.0 Å². The highest BCUT2D eigenvalue weighted by Gasteiger charge is 2.24. The molecule has 1 aromatic rings. The first-order valence-corrected chi connectivity index (χ1v) is 8.66. The van der Waals surface area contributed by atoms with Gasteiger partial charge in [0.1, 0.15) is 0 Å². The molecule has 0 atom stereocenters. The van der Waals surface area contributed by atoms with Crippen molar-refractivity contribution in [1.82, 2.24) is 9.88 Å². The number of thiazole rings is 1. The molecule has 0 saturated carbocycles. The highest BCUT2D eigenvalue weighted by atomic mass is 32.1. The second-order valence-corrected chi connectivity index (χ2v) is 6.72. The van der Waals surface area contributed by atoms with Crippen LogP contribution in [0.3, 0.4) is 0 Å². The van der Waals surface area contributed by atoms with Crippen molar-refractivity contribution >= 4 is 28.1 Å². The van der Waals surface area contributed by atoms with Gasteiger partial charge < -0.3 is 14.5 Å². The Bertz CT molecular complexity index is 531. The molecule has 0 aliphatic carbocycles. The highest BCUT2D eigenvalue weighted by molar-refractivity contribution is 7.16. The molecule has 0 radical (unpaired) electrons. The molecule has 0 spiro atoms. The third-order valence-corrected chi connectivity index (χ3v) is 4.73. The lowest BCUT2D eigenvalue weighted by Gasteiger charge is -2.34. The lowest BCUT2D eigenvalue weighted by molar-refractivity contribution is 0.0751. The molecule has 1 aromatic heterocycles. The smallest absolute Gasteiger partial charge is 0.410 e. The molecule has 0 N–H and O–H groups in total. The molecule has 1 aliphatic rings. The van der Waals surface area contributed by atoms with E-state index >= 15 is 0 Å². The summed E-state index contributed by atoms with van der Waals surface area (Å²) >= 11 is 1.72. The van der Waals surface area contributed by atoms with Crippen LogP contribution in [0.1, 0.15) is 39.0 Å². The van der Waals surface area contributed by atoms with Crippen molar-refractivity contribution in [3.05, 3.63) is 17.2 Å². The van der Waals surface area contributed by atoms with E-state index in [2.05, 4.69) is 29.8 Å². The van der Waals surface area contributed by atoms with Gasteiger partial charge in [-0.05, 0) is 32.8 Å². The first kappa shape index (κ1) is 16.8. The van der Waals surface area contributed by atoms with Crippen LogP contribution in [0.5, 0.6) is 0 Å². The number of piperazine rings is 1. The Morgan fingerprint density at radius 1 is 1.41 bits per heavy atom. The Labute approximate surface area is 136 Å². The van der Waals surface area contributed by atoms with Gasteiger partial charge >= 0.3 is 6.09 Å². The normalized spacial score (nSPS) is 16.3. The van der Waals surface area contributed by atoms with E-state index in [0.29, 0.717) is 13.1 Å². The van der Waals surface area contributed by atoms with Crippen LogP contribution in [0.15, 0.2) is 12.3 Å². The molecule has 1 saturated heterocycles. The van der Waals surface area contributed by atoms with E-state index in [-0.39, 0.29) is 12.2 Å². The third kappa shape index (κ3) is 4.22. The molecule has 1 amide bonds. The predicted octanol–water partition coefficient (Wildman–Crippen LogP) is 3.62. The number of rotatable bonds is 4. The zero-order valence-corrected chi connectivity index (χ0v) is 14.7. The Hall–Kier alpha value is -1.56. The van der Waals surface area contributed by atoms with Gasteiger partial charge in [0.05, 0.1) is 11.0 Å². The number of anilines is 1. The summed E-state index contributed by atoms with van der Waals surface area (Å²) in [4.78, 5) is 21.6. The van der Waals surface area contributed by atoms with Crippen LogP contribution in [-0.2, 0) is 4.74 Å². The number of carbonyl (C=O) groups excluding carboxylic acids is 1. The summed E-state index contributed by atoms with van der Waals surface area (Å²) in [5.41, 5.74) is 1.28. The van der Waals surface area contributed by atoms with Crippen molar-refractivity contribution in [1.29, 1.82) is 0 Å². The van der Waals surface area contributed by atoms with Crippen molar-refractivity contribution in [3.8, 4) is 0 Å².